The Morgan fingerprint density at radius 3 is 2.78 bits per heavy atom. The molecule has 0 bridgehead atoms. The molecule has 2 heterocycles. The Morgan fingerprint density at radius 2 is 2.22 bits per heavy atom. The number of halogens is 2. The van der Waals surface area contributed by atoms with E-state index in [4.69, 9.17) is 5.11 Å². The summed E-state index contributed by atoms with van der Waals surface area (Å²) in [5.41, 5.74) is -1.12. The Morgan fingerprint density at radius 1 is 1.44 bits per heavy atom. The molecule has 0 atom stereocenters. The van der Waals surface area contributed by atoms with Gasteiger partial charge in [0.05, 0.1) is 18.4 Å². The Kier molecular flexibility index (Phi) is 3.22. The van der Waals surface area contributed by atoms with Crippen LogP contribution in [0.15, 0.2) is 18.6 Å². The highest BCUT2D eigenvalue weighted by Crippen LogP contribution is 2.21. The van der Waals surface area contributed by atoms with Gasteiger partial charge in [-0.2, -0.15) is 0 Å². The van der Waals surface area contributed by atoms with Crippen LogP contribution < -0.4 is 0 Å². The topological polar surface area (TPSA) is 93.8 Å². The summed E-state index contributed by atoms with van der Waals surface area (Å²) in [7, 11) is 0. The lowest BCUT2D eigenvalue weighted by Gasteiger charge is -2.04. The van der Waals surface area contributed by atoms with E-state index in [0.29, 0.717) is 5.69 Å². The zero-order valence-corrected chi connectivity index (χ0v) is 8.86. The molecule has 0 saturated heterocycles. The number of hydrogen-bond donors (Lipinski definition) is 1. The van der Waals surface area contributed by atoms with Crippen molar-refractivity contribution in [3.63, 3.8) is 0 Å². The number of aromatic carboxylic acids is 1. The monoisotopic (exact) mass is 255 g/mol. The van der Waals surface area contributed by atoms with E-state index in [1.807, 2.05) is 0 Å². The van der Waals surface area contributed by atoms with E-state index in [1.54, 1.807) is 0 Å². The highest BCUT2D eigenvalue weighted by Gasteiger charge is 2.26. The van der Waals surface area contributed by atoms with Gasteiger partial charge in [-0.3, -0.25) is 9.97 Å². The number of rotatable bonds is 4. The van der Waals surface area contributed by atoms with Crippen molar-refractivity contribution in [2.75, 3.05) is 0 Å². The quantitative estimate of drug-likeness (QED) is 0.866. The third-order valence-corrected chi connectivity index (χ3v) is 2.11. The molecular formula is C9H7F2N5O2. The van der Waals surface area contributed by atoms with Gasteiger partial charge in [-0.25, -0.2) is 18.3 Å². The number of hydrogen-bond acceptors (Lipinski definition) is 5. The lowest BCUT2D eigenvalue weighted by Crippen LogP contribution is -2.10. The summed E-state index contributed by atoms with van der Waals surface area (Å²) in [5, 5.41) is 15.3. The second kappa shape index (κ2) is 4.82. The largest absolute Gasteiger partial charge is 0.476 e. The fraction of sp³-hybridized carbons (Fsp3) is 0.222. The average molecular weight is 255 g/mol. The second-order valence-electron chi connectivity index (χ2n) is 3.28. The molecule has 0 aromatic carbocycles. The molecular weight excluding hydrogens is 248 g/mol. The van der Waals surface area contributed by atoms with Crippen LogP contribution in [0.2, 0.25) is 0 Å². The van der Waals surface area contributed by atoms with Gasteiger partial charge in [0.15, 0.2) is 5.69 Å². The van der Waals surface area contributed by atoms with E-state index in [-0.39, 0.29) is 6.54 Å². The summed E-state index contributed by atoms with van der Waals surface area (Å²) in [6.07, 6.45) is 1.22. The zero-order chi connectivity index (χ0) is 13.1. The third-order valence-electron chi connectivity index (χ3n) is 2.11. The van der Waals surface area contributed by atoms with Gasteiger partial charge in [0.2, 0.25) is 0 Å². The average Bonchev–Trinajstić information content (AvgIpc) is 2.74. The number of alkyl halides is 2. The summed E-state index contributed by atoms with van der Waals surface area (Å²) in [6.45, 7) is -0.117. The van der Waals surface area contributed by atoms with Gasteiger partial charge in [-0.15, -0.1) is 5.10 Å². The molecule has 0 radical (unpaired) electrons. The molecule has 2 rings (SSSR count). The molecule has 0 spiro atoms. The molecule has 0 amide bonds. The summed E-state index contributed by atoms with van der Waals surface area (Å²) in [6, 6.07) is 0. The maximum Gasteiger partial charge on any atom is 0.358 e. The third kappa shape index (κ3) is 2.29. The van der Waals surface area contributed by atoms with E-state index in [9.17, 15) is 13.6 Å². The van der Waals surface area contributed by atoms with Crippen LogP contribution in [0.3, 0.4) is 0 Å². The van der Waals surface area contributed by atoms with Gasteiger partial charge >= 0.3 is 5.97 Å². The molecule has 7 nitrogen and oxygen atoms in total. The van der Waals surface area contributed by atoms with Crippen molar-refractivity contribution in [1.82, 2.24) is 25.0 Å². The number of nitrogens with zero attached hydrogens (tertiary/aromatic N) is 5. The molecule has 0 saturated carbocycles. The van der Waals surface area contributed by atoms with Crippen molar-refractivity contribution in [2.24, 2.45) is 0 Å². The Labute approximate surface area is 99.1 Å². The Balaban J connectivity index is 2.37. The molecule has 9 heteroatoms. The molecule has 0 fully saturated rings. The van der Waals surface area contributed by atoms with Crippen molar-refractivity contribution in [3.8, 4) is 0 Å². The Bertz CT molecular complexity index is 557. The fourth-order valence-electron chi connectivity index (χ4n) is 1.37. The maximum atomic E-state index is 12.8. The first-order valence-corrected chi connectivity index (χ1v) is 4.79. The highest BCUT2D eigenvalue weighted by molar-refractivity contribution is 5.86. The van der Waals surface area contributed by atoms with Gasteiger partial charge in [0.25, 0.3) is 6.43 Å². The van der Waals surface area contributed by atoms with Gasteiger partial charge in [-0.05, 0) is 0 Å². The summed E-state index contributed by atoms with van der Waals surface area (Å²) < 4.78 is 26.4. The van der Waals surface area contributed by atoms with Crippen LogP contribution in [-0.2, 0) is 6.54 Å². The van der Waals surface area contributed by atoms with Gasteiger partial charge < -0.3 is 5.11 Å². The molecule has 1 N–H and O–H groups in total. The van der Waals surface area contributed by atoms with Crippen LogP contribution in [0.4, 0.5) is 8.78 Å². The van der Waals surface area contributed by atoms with Crippen LogP contribution in [0, 0.1) is 0 Å². The number of carboxylic acid groups (broad SMARTS) is 1. The molecule has 0 aliphatic heterocycles. The van der Waals surface area contributed by atoms with Crippen molar-refractivity contribution in [2.45, 2.75) is 13.0 Å². The van der Waals surface area contributed by atoms with E-state index in [1.165, 1.54) is 18.6 Å². The number of carboxylic acids is 1. The molecule has 2 aromatic rings. The summed E-state index contributed by atoms with van der Waals surface area (Å²) >= 11 is 0. The summed E-state index contributed by atoms with van der Waals surface area (Å²) in [4.78, 5) is 18.4. The smallest absolute Gasteiger partial charge is 0.358 e. The Hall–Kier alpha value is -2.45. The minimum absolute atomic E-state index is 0.117. The van der Waals surface area contributed by atoms with E-state index in [0.717, 1.165) is 4.68 Å². The maximum absolute atomic E-state index is 12.8. The number of aromatic nitrogens is 5. The van der Waals surface area contributed by atoms with E-state index in [2.05, 4.69) is 20.3 Å². The highest BCUT2D eigenvalue weighted by atomic mass is 19.3. The lowest BCUT2D eigenvalue weighted by molar-refractivity contribution is 0.0675. The van der Waals surface area contributed by atoms with Crippen LogP contribution in [-0.4, -0.2) is 36.0 Å². The molecule has 0 aliphatic carbocycles. The van der Waals surface area contributed by atoms with Gasteiger partial charge in [0.1, 0.15) is 5.69 Å². The lowest BCUT2D eigenvalue weighted by atomic mass is 10.3. The zero-order valence-electron chi connectivity index (χ0n) is 8.86. The molecule has 0 unspecified atom stereocenters. The predicted octanol–water partition coefficient (Wildman–Crippen LogP) is 0.752. The minimum Gasteiger partial charge on any atom is -0.476 e. The van der Waals surface area contributed by atoms with Crippen LogP contribution in [0.1, 0.15) is 28.3 Å². The fourth-order valence-corrected chi connectivity index (χ4v) is 1.37. The van der Waals surface area contributed by atoms with Crippen molar-refractivity contribution in [3.05, 3.63) is 35.7 Å². The first-order valence-electron chi connectivity index (χ1n) is 4.79. The van der Waals surface area contributed by atoms with Crippen molar-refractivity contribution >= 4 is 5.97 Å². The summed E-state index contributed by atoms with van der Waals surface area (Å²) in [5.74, 6) is -1.55. The number of carbonyl (C=O) groups is 1. The standard InChI is InChI=1S/C9H7F2N5O2/c10-8(11)7-6(9(17)18)14-15-16(7)4-5-3-12-1-2-13-5/h1-3,8H,4H2,(H,17,18). The molecule has 18 heavy (non-hydrogen) atoms. The van der Waals surface area contributed by atoms with Crippen LogP contribution in [0.25, 0.3) is 0 Å². The van der Waals surface area contributed by atoms with Gasteiger partial charge in [-0.1, -0.05) is 5.21 Å². The van der Waals surface area contributed by atoms with E-state index >= 15 is 0 Å². The van der Waals surface area contributed by atoms with E-state index < -0.39 is 23.8 Å². The van der Waals surface area contributed by atoms with Gasteiger partial charge in [0, 0.05) is 12.4 Å². The molecule has 94 valence electrons. The first-order chi connectivity index (χ1) is 8.59. The second-order valence-corrected chi connectivity index (χ2v) is 3.28. The normalized spacial score (nSPS) is 10.8. The molecule has 2 aromatic heterocycles. The van der Waals surface area contributed by atoms with Crippen molar-refractivity contribution in [1.29, 1.82) is 0 Å². The minimum atomic E-state index is -2.98. The first kappa shape index (κ1) is 12.0. The predicted molar refractivity (Wildman–Crippen MR) is 53.1 cm³/mol. The van der Waals surface area contributed by atoms with Crippen LogP contribution in [0.5, 0.6) is 0 Å². The SMILES string of the molecule is O=C(O)c1nnn(Cc2cnccn2)c1C(F)F. The van der Waals surface area contributed by atoms with Crippen molar-refractivity contribution < 1.29 is 18.7 Å². The van der Waals surface area contributed by atoms with Crippen LogP contribution >= 0.6 is 0 Å². The molecule has 0 aliphatic rings.